The molecule has 3 aromatic rings. The third-order valence-corrected chi connectivity index (χ3v) is 4.72. The van der Waals surface area contributed by atoms with E-state index in [4.69, 9.17) is 11.6 Å². The molecule has 1 amide bonds. The van der Waals surface area contributed by atoms with Crippen molar-refractivity contribution in [2.45, 2.75) is 19.9 Å². The number of aromatic nitrogens is 3. The number of hydrogen-bond donors (Lipinski definition) is 2. The van der Waals surface area contributed by atoms with Crippen molar-refractivity contribution in [1.82, 2.24) is 19.9 Å². The van der Waals surface area contributed by atoms with Gasteiger partial charge in [-0.1, -0.05) is 23.7 Å². The molecule has 1 aliphatic rings. The number of amides is 1. The van der Waals surface area contributed by atoms with E-state index >= 15 is 0 Å². The van der Waals surface area contributed by atoms with Gasteiger partial charge in [-0.25, -0.2) is 4.98 Å². The lowest BCUT2D eigenvalue weighted by molar-refractivity contribution is 0.0732. The lowest BCUT2D eigenvalue weighted by Gasteiger charge is -2.27. The van der Waals surface area contributed by atoms with Crippen molar-refractivity contribution >= 4 is 28.4 Å². The third-order valence-electron chi connectivity index (χ3n) is 4.40. The van der Waals surface area contributed by atoms with Gasteiger partial charge in [-0.3, -0.25) is 9.59 Å². The van der Waals surface area contributed by atoms with Crippen LogP contribution in [-0.2, 0) is 13.0 Å². The molecule has 0 saturated carbocycles. The number of carbonyl (C=O) groups is 1. The molecular formula is C17H15ClN4O2. The fourth-order valence-corrected chi connectivity index (χ4v) is 3.40. The molecule has 0 unspecified atom stereocenters. The summed E-state index contributed by atoms with van der Waals surface area (Å²) in [6.07, 6.45) is 2.04. The van der Waals surface area contributed by atoms with E-state index in [0.29, 0.717) is 30.4 Å². The molecule has 0 bridgehead atoms. The molecule has 7 heteroatoms. The van der Waals surface area contributed by atoms with Crippen molar-refractivity contribution in [3.63, 3.8) is 0 Å². The summed E-state index contributed by atoms with van der Waals surface area (Å²) in [6, 6.07) is 5.73. The van der Waals surface area contributed by atoms with Crippen LogP contribution in [0.15, 0.2) is 29.2 Å². The molecule has 4 rings (SSSR count). The van der Waals surface area contributed by atoms with Crippen molar-refractivity contribution in [3.8, 4) is 0 Å². The number of carbonyl (C=O) groups excluding carboxylic acids is 1. The summed E-state index contributed by atoms with van der Waals surface area (Å²) in [4.78, 5) is 36.3. The van der Waals surface area contributed by atoms with Crippen LogP contribution in [0, 0.1) is 6.92 Å². The maximum absolute atomic E-state index is 12.7. The first-order valence-electron chi connectivity index (χ1n) is 7.67. The monoisotopic (exact) mass is 342 g/mol. The van der Waals surface area contributed by atoms with Crippen LogP contribution in [0.5, 0.6) is 0 Å². The van der Waals surface area contributed by atoms with Crippen molar-refractivity contribution in [1.29, 1.82) is 0 Å². The van der Waals surface area contributed by atoms with E-state index in [-0.39, 0.29) is 11.5 Å². The van der Waals surface area contributed by atoms with Crippen LogP contribution in [0.25, 0.3) is 10.9 Å². The van der Waals surface area contributed by atoms with Crippen LogP contribution in [-0.4, -0.2) is 32.3 Å². The Kier molecular flexibility index (Phi) is 3.42. The highest BCUT2D eigenvalue weighted by molar-refractivity contribution is 6.35. The average molecular weight is 343 g/mol. The molecule has 24 heavy (non-hydrogen) atoms. The molecule has 3 heterocycles. The second-order valence-electron chi connectivity index (χ2n) is 5.93. The smallest absolute Gasteiger partial charge is 0.263 e. The molecule has 2 N–H and O–H groups in total. The van der Waals surface area contributed by atoms with E-state index in [2.05, 4.69) is 15.0 Å². The van der Waals surface area contributed by atoms with Gasteiger partial charge in [-0.2, -0.15) is 0 Å². The molecular weight excluding hydrogens is 328 g/mol. The minimum atomic E-state index is -0.403. The topological polar surface area (TPSA) is 81.8 Å². The fourth-order valence-electron chi connectivity index (χ4n) is 3.18. The van der Waals surface area contributed by atoms with Gasteiger partial charge in [0.2, 0.25) is 0 Å². The zero-order valence-electron chi connectivity index (χ0n) is 13.0. The van der Waals surface area contributed by atoms with Gasteiger partial charge in [0.1, 0.15) is 11.4 Å². The summed E-state index contributed by atoms with van der Waals surface area (Å²) >= 11 is 6.24. The number of hydrogen-bond acceptors (Lipinski definition) is 3. The Morgan fingerprint density at radius 2 is 2.17 bits per heavy atom. The molecule has 0 spiro atoms. The Labute approximate surface area is 142 Å². The molecule has 6 nitrogen and oxygen atoms in total. The van der Waals surface area contributed by atoms with Gasteiger partial charge in [0.25, 0.3) is 11.5 Å². The van der Waals surface area contributed by atoms with Crippen LogP contribution in [0.3, 0.4) is 0 Å². The van der Waals surface area contributed by atoms with E-state index in [1.807, 2.05) is 18.2 Å². The second kappa shape index (κ2) is 5.49. The van der Waals surface area contributed by atoms with Gasteiger partial charge in [-0.05, 0) is 13.0 Å². The summed E-state index contributed by atoms with van der Waals surface area (Å²) in [5.74, 6) is 0.189. The van der Waals surface area contributed by atoms with Crippen LogP contribution < -0.4 is 5.56 Å². The fraction of sp³-hybridized carbons (Fsp3) is 0.235. The number of nitrogens with one attached hydrogen (secondary N) is 2. The van der Waals surface area contributed by atoms with Gasteiger partial charge >= 0.3 is 0 Å². The Morgan fingerprint density at radius 1 is 1.33 bits per heavy atom. The van der Waals surface area contributed by atoms with E-state index in [9.17, 15) is 9.59 Å². The maximum atomic E-state index is 12.7. The Hall–Kier alpha value is -2.60. The minimum absolute atomic E-state index is 0.0712. The van der Waals surface area contributed by atoms with Crippen molar-refractivity contribution in [3.05, 3.63) is 62.4 Å². The zero-order chi connectivity index (χ0) is 16.8. The van der Waals surface area contributed by atoms with Crippen molar-refractivity contribution in [2.24, 2.45) is 0 Å². The molecule has 0 aliphatic carbocycles. The highest BCUT2D eigenvalue weighted by Crippen LogP contribution is 2.31. The Morgan fingerprint density at radius 3 is 2.96 bits per heavy atom. The number of H-pyrrole nitrogens is 2. The van der Waals surface area contributed by atoms with E-state index < -0.39 is 5.56 Å². The predicted molar refractivity (Wildman–Crippen MR) is 91.3 cm³/mol. The summed E-state index contributed by atoms with van der Waals surface area (Å²) in [7, 11) is 0. The maximum Gasteiger partial charge on any atom is 0.263 e. The molecule has 122 valence electrons. The minimum Gasteiger partial charge on any atom is -0.357 e. The zero-order valence-corrected chi connectivity index (χ0v) is 13.8. The molecule has 0 radical (unpaired) electrons. The number of halogens is 1. The molecule has 0 fully saturated rings. The average Bonchev–Trinajstić information content (AvgIpc) is 2.94. The number of fused-ring (bicyclic) bond motifs is 3. The third kappa shape index (κ3) is 2.30. The largest absolute Gasteiger partial charge is 0.357 e. The Balaban J connectivity index is 1.71. The number of rotatable bonds is 1. The van der Waals surface area contributed by atoms with Crippen LogP contribution in [0.2, 0.25) is 5.02 Å². The van der Waals surface area contributed by atoms with E-state index in [0.717, 1.165) is 22.2 Å². The molecule has 2 aromatic heterocycles. The van der Waals surface area contributed by atoms with Crippen LogP contribution >= 0.6 is 11.6 Å². The van der Waals surface area contributed by atoms with Gasteiger partial charge in [0, 0.05) is 42.4 Å². The normalized spacial score (nSPS) is 14.0. The number of aromatic amines is 2. The molecule has 0 saturated heterocycles. The van der Waals surface area contributed by atoms with Gasteiger partial charge in [0.05, 0.1) is 10.5 Å². The van der Waals surface area contributed by atoms with E-state index in [1.54, 1.807) is 11.8 Å². The number of benzene rings is 1. The number of nitrogens with zero attached hydrogens (tertiary/aromatic N) is 2. The summed E-state index contributed by atoms with van der Waals surface area (Å²) in [5, 5.41) is 1.69. The lowest BCUT2D eigenvalue weighted by atomic mass is 10.0. The molecule has 1 aliphatic heterocycles. The van der Waals surface area contributed by atoms with Crippen molar-refractivity contribution in [2.75, 3.05) is 6.54 Å². The number of aryl methyl sites for hydroxylation is 1. The summed E-state index contributed by atoms with van der Waals surface area (Å²) in [5.41, 5.74) is 2.72. The van der Waals surface area contributed by atoms with Gasteiger partial charge in [0.15, 0.2) is 0 Å². The second-order valence-corrected chi connectivity index (χ2v) is 6.34. The van der Waals surface area contributed by atoms with Crippen LogP contribution in [0.4, 0.5) is 0 Å². The van der Waals surface area contributed by atoms with Gasteiger partial charge < -0.3 is 14.9 Å². The van der Waals surface area contributed by atoms with Crippen molar-refractivity contribution < 1.29 is 4.79 Å². The Bertz CT molecular complexity index is 1020. The first-order chi connectivity index (χ1) is 11.5. The summed E-state index contributed by atoms with van der Waals surface area (Å²) < 4.78 is 0. The summed E-state index contributed by atoms with van der Waals surface area (Å²) in [6.45, 7) is 2.67. The number of para-hydroxylation sites is 1. The van der Waals surface area contributed by atoms with Gasteiger partial charge in [-0.15, -0.1) is 0 Å². The lowest BCUT2D eigenvalue weighted by Crippen LogP contribution is -2.38. The first-order valence-corrected chi connectivity index (χ1v) is 8.05. The quantitative estimate of drug-likeness (QED) is 0.712. The van der Waals surface area contributed by atoms with Crippen LogP contribution in [0.1, 0.15) is 27.4 Å². The molecule has 0 atom stereocenters. The predicted octanol–water partition coefficient (Wildman–Crippen LogP) is 2.41. The SMILES string of the molecule is Cc1ncc(C(=O)N2CCc3[nH]c4c(Cl)cccc4c3C2)c(=O)[nH]1. The van der Waals surface area contributed by atoms with E-state index in [1.165, 1.54) is 6.20 Å². The first kappa shape index (κ1) is 15.0. The standard InChI is InChI=1S/C17H15ClN4O2/c1-9-19-7-11(16(23)20-9)17(24)22-6-5-14-12(8-22)10-3-2-4-13(18)15(10)21-14/h2-4,7,21H,5-6,8H2,1H3,(H,19,20,23). The highest BCUT2D eigenvalue weighted by Gasteiger charge is 2.26. The molecule has 1 aromatic carbocycles. The highest BCUT2D eigenvalue weighted by atomic mass is 35.5.